The normalized spacial score (nSPS) is 16.0. The van der Waals surface area contributed by atoms with Gasteiger partial charge in [0, 0.05) is 92.7 Å². The van der Waals surface area contributed by atoms with Gasteiger partial charge in [-0.25, -0.2) is 18.6 Å². The third-order valence-corrected chi connectivity index (χ3v) is 8.69. The molecular weight excluding hydrogens is 570 g/mol. The number of aromatic carboxylic acids is 1. The number of rotatable bonds is 8. The molecule has 0 radical (unpaired) electrons. The van der Waals surface area contributed by atoms with E-state index in [2.05, 4.69) is 33.9 Å². The number of hydrogen-bond donors (Lipinski definition) is 2. The summed E-state index contributed by atoms with van der Waals surface area (Å²) in [4.78, 5) is 38.7. The Labute approximate surface area is 252 Å². The van der Waals surface area contributed by atoms with Crippen molar-refractivity contribution in [3.8, 4) is 22.3 Å². The Hall–Kier alpha value is -4.42. The van der Waals surface area contributed by atoms with Crippen LogP contribution in [-0.2, 0) is 18.2 Å². The Balaban J connectivity index is 1.59. The van der Waals surface area contributed by atoms with Crippen molar-refractivity contribution in [1.29, 1.82) is 0 Å². The number of ether oxygens (including phenoxy) is 1. The molecule has 1 saturated heterocycles. The standard InChI is InChI=1S/C32H34F2N6O4/c1-5-39(6-2)14-18-15-40(7-8-44-18)29-21(17-9-20-30(41)22(32(42)43)16-38(4)31(20)37-12-17)13-36-25-10-19-24(35-3)11-23(33)28(34)26(19)27(25)29/h9,11-13,16,18,35H,5-8,10,14-15H2,1-4H3,(H,42,43). The molecule has 1 fully saturated rings. The van der Waals surface area contributed by atoms with Crippen molar-refractivity contribution >= 4 is 28.4 Å². The number of carbonyl (C=O) groups is 1. The zero-order valence-corrected chi connectivity index (χ0v) is 25.1. The van der Waals surface area contributed by atoms with E-state index in [-0.39, 0.29) is 22.6 Å². The molecule has 44 heavy (non-hydrogen) atoms. The van der Waals surface area contributed by atoms with Crippen LogP contribution in [0.3, 0.4) is 0 Å². The molecular formula is C32H34F2N6O4. The summed E-state index contributed by atoms with van der Waals surface area (Å²) in [7, 11) is 3.29. The number of pyridine rings is 3. The third kappa shape index (κ3) is 4.87. The van der Waals surface area contributed by atoms with Crippen LogP contribution < -0.4 is 15.6 Å². The summed E-state index contributed by atoms with van der Waals surface area (Å²) < 4.78 is 38.4. The van der Waals surface area contributed by atoms with E-state index >= 15 is 4.39 Å². The predicted octanol–water partition coefficient (Wildman–Crippen LogP) is 4.13. The molecule has 6 rings (SSSR count). The summed E-state index contributed by atoms with van der Waals surface area (Å²) in [5.41, 5.74) is 3.43. The van der Waals surface area contributed by atoms with Gasteiger partial charge in [0.05, 0.1) is 29.5 Å². The number of aromatic nitrogens is 3. The van der Waals surface area contributed by atoms with Crippen LogP contribution in [0, 0.1) is 11.6 Å². The summed E-state index contributed by atoms with van der Waals surface area (Å²) in [5.74, 6) is -3.24. The molecule has 1 aliphatic carbocycles. The highest BCUT2D eigenvalue weighted by Gasteiger charge is 2.35. The van der Waals surface area contributed by atoms with Crippen LogP contribution in [0.1, 0.15) is 35.5 Å². The quantitative estimate of drug-likeness (QED) is 0.270. The topological polar surface area (TPSA) is 113 Å². The van der Waals surface area contributed by atoms with E-state index < -0.39 is 23.0 Å². The van der Waals surface area contributed by atoms with Crippen molar-refractivity contribution in [2.45, 2.75) is 26.4 Å². The van der Waals surface area contributed by atoms with Crippen LogP contribution in [-0.4, -0.2) is 83.0 Å². The number of hydrogen-bond acceptors (Lipinski definition) is 8. The van der Waals surface area contributed by atoms with Gasteiger partial charge in [-0.1, -0.05) is 13.8 Å². The van der Waals surface area contributed by atoms with Crippen molar-refractivity contribution in [1.82, 2.24) is 19.4 Å². The van der Waals surface area contributed by atoms with Crippen LogP contribution in [0.4, 0.5) is 20.2 Å². The summed E-state index contributed by atoms with van der Waals surface area (Å²) >= 11 is 0. The molecule has 0 amide bonds. The first-order chi connectivity index (χ1) is 21.2. The number of fused-ring (bicyclic) bond motifs is 4. The Kier molecular flexibility index (Phi) is 7.80. The molecule has 230 valence electrons. The van der Waals surface area contributed by atoms with E-state index in [1.807, 2.05) is 0 Å². The lowest BCUT2D eigenvalue weighted by Crippen LogP contribution is -2.48. The smallest absolute Gasteiger partial charge is 0.341 e. The third-order valence-electron chi connectivity index (χ3n) is 8.69. The highest BCUT2D eigenvalue weighted by molar-refractivity contribution is 5.98. The Morgan fingerprint density at radius 2 is 1.95 bits per heavy atom. The fourth-order valence-corrected chi connectivity index (χ4v) is 6.44. The van der Waals surface area contributed by atoms with E-state index in [0.29, 0.717) is 77.6 Å². The number of benzene rings is 1. The summed E-state index contributed by atoms with van der Waals surface area (Å²) in [5, 5.41) is 12.8. The van der Waals surface area contributed by atoms with Crippen LogP contribution in [0.2, 0.25) is 0 Å². The summed E-state index contributed by atoms with van der Waals surface area (Å²) in [6.07, 6.45) is 4.71. The van der Waals surface area contributed by atoms with Gasteiger partial charge in [0.1, 0.15) is 11.2 Å². The molecule has 4 heterocycles. The van der Waals surface area contributed by atoms with Gasteiger partial charge in [-0.2, -0.15) is 0 Å². The largest absolute Gasteiger partial charge is 0.477 e. The van der Waals surface area contributed by atoms with Crippen molar-refractivity contribution in [2.75, 3.05) is 56.6 Å². The van der Waals surface area contributed by atoms with Gasteiger partial charge in [-0.15, -0.1) is 0 Å². The average molecular weight is 605 g/mol. The molecule has 1 aromatic carbocycles. The first kappa shape index (κ1) is 29.6. The fraction of sp³-hybridized carbons (Fsp3) is 0.375. The van der Waals surface area contributed by atoms with Crippen molar-refractivity contribution < 1.29 is 23.4 Å². The number of halogens is 2. The summed E-state index contributed by atoms with van der Waals surface area (Å²) in [6, 6.07) is 2.77. The molecule has 12 heteroatoms. The van der Waals surface area contributed by atoms with Crippen molar-refractivity contribution in [3.05, 3.63) is 69.4 Å². The monoisotopic (exact) mass is 604 g/mol. The van der Waals surface area contributed by atoms with Gasteiger partial charge in [0.2, 0.25) is 5.43 Å². The Morgan fingerprint density at radius 1 is 1.18 bits per heavy atom. The predicted molar refractivity (Wildman–Crippen MR) is 165 cm³/mol. The fourth-order valence-electron chi connectivity index (χ4n) is 6.44. The molecule has 10 nitrogen and oxygen atoms in total. The minimum absolute atomic E-state index is 0.132. The van der Waals surface area contributed by atoms with E-state index in [9.17, 15) is 19.1 Å². The highest BCUT2D eigenvalue weighted by atomic mass is 19.2. The molecule has 3 aromatic heterocycles. The molecule has 4 aromatic rings. The van der Waals surface area contributed by atoms with Crippen molar-refractivity contribution in [2.24, 2.45) is 7.05 Å². The number of morpholine rings is 1. The summed E-state index contributed by atoms with van der Waals surface area (Å²) in [6.45, 7) is 8.06. The van der Waals surface area contributed by atoms with Crippen LogP contribution in [0.5, 0.6) is 0 Å². The number of anilines is 2. The lowest BCUT2D eigenvalue weighted by Gasteiger charge is -2.38. The average Bonchev–Trinajstić information content (AvgIpc) is 3.42. The molecule has 2 aliphatic rings. The zero-order valence-electron chi connectivity index (χ0n) is 25.1. The number of likely N-dealkylation sites (N-methyl/N-ethyl adjacent to an activating group) is 1. The van der Waals surface area contributed by atoms with E-state index in [0.717, 1.165) is 13.1 Å². The van der Waals surface area contributed by atoms with Crippen LogP contribution in [0.15, 0.2) is 35.5 Å². The van der Waals surface area contributed by atoms with Crippen LogP contribution >= 0.6 is 0 Å². The molecule has 2 N–H and O–H groups in total. The second-order valence-corrected chi connectivity index (χ2v) is 11.2. The van der Waals surface area contributed by atoms with Gasteiger partial charge >= 0.3 is 5.97 Å². The van der Waals surface area contributed by atoms with E-state index in [4.69, 9.17) is 9.72 Å². The van der Waals surface area contributed by atoms with E-state index in [1.54, 1.807) is 32.6 Å². The SMILES string of the molecule is CCN(CC)CC1CN(c2c(-c3cnc4c(c3)c(=O)c(C(=O)O)cn4C)cnc3c2-c2c(F)c(F)cc(NC)c2C3)CCO1. The minimum Gasteiger partial charge on any atom is -0.477 e. The number of nitrogens with one attached hydrogen (secondary N) is 1. The van der Waals surface area contributed by atoms with Gasteiger partial charge < -0.3 is 29.5 Å². The molecule has 0 saturated carbocycles. The van der Waals surface area contributed by atoms with Gasteiger partial charge in [-0.3, -0.25) is 9.78 Å². The Bertz CT molecular complexity index is 1860. The number of nitrogens with zero attached hydrogens (tertiary/aromatic N) is 5. The van der Waals surface area contributed by atoms with Gasteiger partial charge in [-0.05, 0) is 24.7 Å². The highest BCUT2D eigenvalue weighted by Crippen LogP contribution is 2.50. The van der Waals surface area contributed by atoms with Gasteiger partial charge in [0.15, 0.2) is 11.6 Å². The zero-order chi connectivity index (χ0) is 31.3. The van der Waals surface area contributed by atoms with Crippen molar-refractivity contribution in [3.63, 3.8) is 0 Å². The number of aryl methyl sites for hydroxylation is 1. The molecule has 1 aliphatic heterocycles. The second-order valence-electron chi connectivity index (χ2n) is 11.2. The lowest BCUT2D eigenvalue weighted by molar-refractivity contribution is 0.0177. The second kappa shape index (κ2) is 11.6. The maximum Gasteiger partial charge on any atom is 0.341 e. The first-order valence-electron chi connectivity index (χ1n) is 14.7. The van der Waals surface area contributed by atoms with Crippen LogP contribution in [0.25, 0.3) is 33.3 Å². The lowest BCUT2D eigenvalue weighted by atomic mass is 9.96. The maximum absolute atomic E-state index is 15.8. The minimum atomic E-state index is -1.33. The van der Waals surface area contributed by atoms with Gasteiger partial charge in [0.25, 0.3) is 0 Å². The Morgan fingerprint density at radius 3 is 2.66 bits per heavy atom. The first-order valence-corrected chi connectivity index (χ1v) is 14.7. The molecule has 1 unspecified atom stereocenters. The maximum atomic E-state index is 15.8. The number of carboxylic acid groups (broad SMARTS) is 1. The molecule has 0 bridgehead atoms. The van der Waals surface area contributed by atoms with E-state index in [1.165, 1.54) is 16.8 Å². The number of carboxylic acids is 1. The molecule has 1 atom stereocenters. The molecule has 0 spiro atoms.